The van der Waals surface area contributed by atoms with E-state index < -0.39 is 0 Å². The first-order chi connectivity index (χ1) is 9.61. The van der Waals surface area contributed by atoms with Crippen LogP contribution in [0.2, 0.25) is 0 Å². The molecule has 0 amide bonds. The number of hydrogen-bond donors (Lipinski definition) is 1. The lowest BCUT2D eigenvalue weighted by Crippen LogP contribution is -2.44. The average molecular weight is 280 g/mol. The fourth-order valence-corrected chi connectivity index (χ4v) is 2.89. The number of nitrogens with one attached hydrogen (secondary N) is 1. The molecule has 112 valence electrons. The van der Waals surface area contributed by atoms with Crippen molar-refractivity contribution in [2.24, 2.45) is 0 Å². The maximum Gasteiger partial charge on any atom is 0.127 e. The van der Waals surface area contributed by atoms with E-state index in [1.807, 2.05) is 0 Å². The van der Waals surface area contributed by atoms with Crippen molar-refractivity contribution >= 4 is 0 Å². The number of nitrogens with zero attached hydrogens (tertiary/aromatic N) is 1. The van der Waals surface area contributed by atoms with E-state index in [2.05, 4.69) is 24.1 Å². The third kappa shape index (κ3) is 3.70. The number of ether oxygens (including phenoxy) is 1. The number of halogens is 1. The zero-order valence-corrected chi connectivity index (χ0v) is 12.7. The van der Waals surface area contributed by atoms with Crippen molar-refractivity contribution in [2.45, 2.75) is 26.2 Å². The van der Waals surface area contributed by atoms with Crippen LogP contribution in [0.3, 0.4) is 0 Å². The molecule has 1 N–H and O–H groups in total. The van der Waals surface area contributed by atoms with E-state index in [-0.39, 0.29) is 5.82 Å². The van der Waals surface area contributed by atoms with Crippen LogP contribution in [0.4, 0.5) is 4.39 Å². The highest BCUT2D eigenvalue weighted by Gasteiger charge is 2.16. The smallest absolute Gasteiger partial charge is 0.127 e. The predicted molar refractivity (Wildman–Crippen MR) is 80.1 cm³/mol. The topological polar surface area (TPSA) is 24.5 Å². The first-order valence-electron chi connectivity index (χ1n) is 7.41. The summed E-state index contributed by atoms with van der Waals surface area (Å²) in [6, 6.07) is 3.16. The molecule has 1 aliphatic heterocycles. The second kappa shape index (κ2) is 7.04. The highest BCUT2D eigenvalue weighted by molar-refractivity contribution is 5.43. The van der Waals surface area contributed by atoms with Crippen LogP contribution >= 0.6 is 0 Å². The lowest BCUT2D eigenvalue weighted by molar-refractivity contribution is 0.243. The molecular weight excluding hydrogens is 255 g/mol. The minimum atomic E-state index is -0.207. The number of methoxy groups -OCH3 is 1. The summed E-state index contributed by atoms with van der Waals surface area (Å²) in [5.41, 5.74) is 2.22. The van der Waals surface area contributed by atoms with E-state index in [9.17, 15) is 4.39 Å². The molecule has 0 unspecified atom stereocenters. The molecule has 2 rings (SSSR count). The van der Waals surface area contributed by atoms with Crippen LogP contribution in [0.25, 0.3) is 0 Å². The van der Waals surface area contributed by atoms with E-state index in [1.54, 1.807) is 13.2 Å². The van der Waals surface area contributed by atoms with Crippen LogP contribution in [-0.2, 0) is 6.42 Å². The van der Waals surface area contributed by atoms with E-state index in [4.69, 9.17) is 4.74 Å². The van der Waals surface area contributed by atoms with Crippen LogP contribution in [-0.4, -0.2) is 44.7 Å². The minimum Gasteiger partial charge on any atom is -0.496 e. The van der Waals surface area contributed by atoms with Crippen molar-refractivity contribution in [1.29, 1.82) is 0 Å². The average Bonchev–Trinajstić information content (AvgIpc) is 2.45. The highest BCUT2D eigenvalue weighted by Crippen LogP contribution is 2.31. The molecule has 0 bridgehead atoms. The molecule has 1 aromatic rings. The fourth-order valence-electron chi connectivity index (χ4n) is 2.89. The van der Waals surface area contributed by atoms with E-state index >= 15 is 0 Å². The monoisotopic (exact) mass is 280 g/mol. The lowest BCUT2D eigenvalue weighted by Gasteiger charge is -2.27. The normalized spacial score (nSPS) is 16.6. The number of hydrogen-bond acceptors (Lipinski definition) is 3. The van der Waals surface area contributed by atoms with Crippen LogP contribution in [0, 0.1) is 5.82 Å². The molecule has 1 fully saturated rings. The first kappa shape index (κ1) is 15.3. The SMILES string of the molecule is COc1cc(F)cc(CCN2CCNCC2)c1C(C)C. The fraction of sp³-hybridized carbons (Fsp3) is 0.625. The van der Waals surface area contributed by atoms with Gasteiger partial charge in [0.25, 0.3) is 0 Å². The molecule has 1 heterocycles. The summed E-state index contributed by atoms with van der Waals surface area (Å²) < 4.78 is 19.1. The van der Waals surface area contributed by atoms with Crippen LogP contribution in [0.1, 0.15) is 30.9 Å². The Bertz CT molecular complexity index is 442. The molecule has 1 aromatic carbocycles. The van der Waals surface area contributed by atoms with Gasteiger partial charge in [-0.1, -0.05) is 13.8 Å². The summed E-state index contributed by atoms with van der Waals surface area (Å²) in [7, 11) is 1.61. The molecule has 3 nitrogen and oxygen atoms in total. The Labute approximate surface area is 121 Å². The Morgan fingerprint density at radius 1 is 1.30 bits per heavy atom. The zero-order valence-electron chi connectivity index (χ0n) is 12.7. The Balaban J connectivity index is 2.14. The van der Waals surface area contributed by atoms with Gasteiger partial charge in [-0.25, -0.2) is 4.39 Å². The van der Waals surface area contributed by atoms with Gasteiger partial charge < -0.3 is 15.0 Å². The maximum atomic E-state index is 13.7. The van der Waals surface area contributed by atoms with Gasteiger partial charge in [-0.3, -0.25) is 0 Å². The van der Waals surface area contributed by atoms with Crippen molar-refractivity contribution in [3.63, 3.8) is 0 Å². The third-order valence-corrected chi connectivity index (χ3v) is 3.90. The summed E-state index contributed by atoms with van der Waals surface area (Å²) in [4.78, 5) is 2.43. The van der Waals surface area contributed by atoms with Gasteiger partial charge in [0.05, 0.1) is 7.11 Å². The Morgan fingerprint density at radius 2 is 2.00 bits per heavy atom. The molecule has 4 heteroatoms. The number of piperazine rings is 1. The maximum absolute atomic E-state index is 13.7. The van der Waals surface area contributed by atoms with Gasteiger partial charge in [0, 0.05) is 44.4 Å². The predicted octanol–water partition coefficient (Wildman–Crippen LogP) is 2.41. The van der Waals surface area contributed by atoms with Crippen molar-refractivity contribution in [2.75, 3.05) is 39.8 Å². The minimum absolute atomic E-state index is 0.207. The van der Waals surface area contributed by atoms with Gasteiger partial charge in [0.2, 0.25) is 0 Å². The molecule has 0 saturated carbocycles. The zero-order chi connectivity index (χ0) is 14.5. The highest BCUT2D eigenvalue weighted by atomic mass is 19.1. The van der Waals surface area contributed by atoms with Crippen molar-refractivity contribution in [3.8, 4) is 5.75 Å². The van der Waals surface area contributed by atoms with Gasteiger partial charge in [-0.05, 0) is 24.0 Å². The van der Waals surface area contributed by atoms with Gasteiger partial charge >= 0.3 is 0 Å². The van der Waals surface area contributed by atoms with Crippen LogP contribution in [0.5, 0.6) is 5.75 Å². The molecule has 0 aromatic heterocycles. The van der Waals surface area contributed by atoms with E-state index in [0.29, 0.717) is 11.7 Å². The van der Waals surface area contributed by atoms with Gasteiger partial charge in [-0.2, -0.15) is 0 Å². The summed E-state index contributed by atoms with van der Waals surface area (Å²) >= 11 is 0. The van der Waals surface area contributed by atoms with E-state index in [1.165, 1.54) is 6.07 Å². The van der Waals surface area contributed by atoms with Gasteiger partial charge in [0.15, 0.2) is 0 Å². The molecule has 0 radical (unpaired) electrons. The van der Waals surface area contributed by atoms with Gasteiger partial charge in [0.1, 0.15) is 11.6 Å². The quantitative estimate of drug-likeness (QED) is 0.896. The van der Waals surface area contributed by atoms with Crippen molar-refractivity contribution < 1.29 is 9.13 Å². The third-order valence-electron chi connectivity index (χ3n) is 3.90. The largest absolute Gasteiger partial charge is 0.496 e. The molecule has 1 aliphatic rings. The Kier molecular flexibility index (Phi) is 5.38. The molecule has 0 aliphatic carbocycles. The molecule has 0 spiro atoms. The molecule has 1 saturated heterocycles. The summed E-state index contributed by atoms with van der Waals surface area (Å²) in [5.74, 6) is 0.806. The first-order valence-corrected chi connectivity index (χ1v) is 7.41. The standard InChI is InChI=1S/C16H25FN2O/c1-12(2)16-13(10-14(17)11-15(16)20-3)4-7-19-8-5-18-6-9-19/h10-12,18H,4-9H2,1-3H3. The molecule has 20 heavy (non-hydrogen) atoms. The summed E-state index contributed by atoms with van der Waals surface area (Å²) in [5, 5.41) is 3.35. The van der Waals surface area contributed by atoms with Crippen LogP contribution in [0.15, 0.2) is 12.1 Å². The van der Waals surface area contributed by atoms with E-state index in [0.717, 1.165) is 50.3 Å². The van der Waals surface area contributed by atoms with Crippen LogP contribution < -0.4 is 10.1 Å². The van der Waals surface area contributed by atoms with Crippen molar-refractivity contribution in [1.82, 2.24) is 10.2 Å². The summed E-state index contributed by atoms with van der Waals surface area (Å²) in [6.45, 7) is 9.47. The second-order valence-electron chi connectivity index (χ2n) is 5.68. The number of rotatable bonds is 5. The molecular formula is C16H25FN2O. The summed E-state index contributed by atoms with van der Waals surface area (Å²) in [6.07, 6.45) is 0.877. The molecule has 0 atom stereocenters. The van der Waals surface area contributed by atoms with Gasteiger partial charge in [-0.15, -0.1) is 0 Å². The number of benzene rings is 1. The lowest BCUT2D eigenvalue weighted by atomic mass is 9.94. The van der Waals surface area contributed by atoms with Crippen molar-refractivity contribution in [3.05, 3.63) is 29.1 Å². The Morgan fingerprint density at radius 3 is 2.60 bits per heavy atom. The Hall–Kier alpha value is -1.13. The second-order valence-corrected chi connectivity index (χ2v) is 5.68.